The second-order valence-corrected chi connectivity index (χ2v) is 12.5. The van der Waals surface area contributed by atoms with Crippen molar-refractivity contribution in [3.8, 4) is 10.7 Å². The number of halogens is 4. The minimum Gasteiger partial charge on any atom is -0.481 e. The zero-order valence-corrected chi connectivity index (χ0v) is 25.8. The number of anilines is 1. The van der Waals surface area contributed by atoms with Gasteiger partial charge >= 0.3 is 18.2 Å². The first-order valence-electron chi connectivity index (χ1n) is 14.9. The number of carboxylic acids is 1. The summed E-state index contributed by atoms with van der Waals surface area (Å²) in [5.74, 6) is 0.304. The number of aliphatic carboxylic acids is 1. The normalized spacial score (nSPS) is 22.0. The maximum absolute atomic E-state index is 13.6. The number of aromatic nitrogens is 3. The number of hydrogen-bond acceptors (Lipinski definition) is 8. The molecule has 14 heteroatoms. The monoisotopic (exact) mass is 649 g/mol. The summed E-state index contributed by atoms with van der Waals surface area (Å²) in [4.78, 5) is 41.8. The Balaban J connectivity index is 1.41. The standard InChI is InChI=1S/C31H35F4N5O4S/c1-3-39(16-20-6-4-19(5-7-20)12-26(41)42)28-25(38-24(15-37-28)29-36-8-9-45-29)17-40-18(2)27(44-30(40)43)22-10-21(14-32)11-23(13-22)31(33,34)35/h8-11,13,15,18-20,27H,3-7,12,14,16-17H2,1-2H3,(H,41,42)/t18-,19?,20?,27?/m0/s1. The van der Waals surface area contributed by atoms with Crippen molar-refractivity contribution in [2.45, 2.75) is 77.5 Å². The van der Waals surface area contributed by atoms with Crippen molar-refractivity contribution in [3.05, 3.63) is 58.4 Å². The van der Waals surface area contributed by atoms with Gasteiger partial charge in [0.25, 0.3) is 0 Å². The van der Waals surface area contributed by atoms with Gasteiger partial charge < -0.3 is 14.7 Å². The van der Waals surface area contributed by atoms with Crippen molar-refractivity contribution >= 4 is 29.2 Å². The largest absolute Gasteiger partial charge is 0.481 e. The number of nitrogens with zero attached hydrogens (tertiary/aromatic N) is 5. The lowest BCUT2D eigenvalue weighted by Crippen LogP contribution is -2.36. The van der Waals surface area contributed by atoms with Crippen molar-refractivity contribution in [3.63, 3.8) is 0 Å². The fraction of sp³-hybridized carbons (Fsp3) is 0.516. The third kappa shape index (κ3) is 7.54. The summed E-state index contributed by atoms with van der Waals surface area (Å²) in [5.41, 5.74) is -0.0775. The van der Waals surface area contributed by atoms with E-state index in [0.717, 1.165) is 37.8 Å². The van der Waals surface area contributed by atoms with Gasteiger partial charge in [0, 0.05) is 31.1 Å². The van der Waals surface area contributed by atoms with E-state index in [1.54, 1.807) is 19.3 Å². The SMILES string of the molecule is CCN(CC1CCC(CC(=O)O)CC1)c1ncc(-c2nccs2)nc1CN1C(=O)OC(c2cc(CF)cc(C(F)(F)F)c2)[C@@H]1C. The summed E-state index contributed by atoms with van der Waals surface area (Å²) in [6.07, 6.45) is 0.476. The molecule has 2 aromatic heterocycles. The molecule has 1 aliphatic heterocycles. The van der Waals surface area contributed by atoms with Crippen LogP contribution in [-0.4, -0.2) is 56.2 Å². The van der Waals surface area contributed by atoms with Gasteiger partial charge in [-0.2, -0.15) is 13.2 Å². The quantitative estimate of drug-likeness (QED) is 0.216. The Morgan fingerprint density at radius 3 is 2.51 bits per heavy atom. The average Bonchev–Trinajstić information content (AvgIpc) is 3.65. The summed E-state index contributed by atoms with van der Waals surface area (Å²) >= 11 is 1.39. The average molecular weight is 650 g/mol. The number of carbonyl (C=O) groups excluding carboxylic acids is 1. The van der Waals surface area contributed by atoms with Gasteiger partial charge in [0.1, 0.15) is 29.2 Å². The highest BCUT2D eigenvalue weighted by molar-refractivity contribution is 7.13. The van der Waals surface area contributed by atoms with Crippen LogP contribution in [0.25, 0.3) is 10.7 Å². The lowest BCUT2D eigenvalue weighted by molar-refractivity contribution is -0.139. The van der Waals surface area contributed by atoms with Crippen LogP contribution in [-0.2, 0) is 28.9 Å². The van der Waals surface area contributed by atoms with Gasteiger partial charge in [-0.05, 0) is 80.7 Å². The van der Waals surface area contributed by atoms with Crippen LogP contribution in [0.2, 0.25) is 0 Å². The van der Waals surface area contributed by atoms with Gasteiger partial charge in [-0.1, -0.05) is 0 Å². The van der Waals surface area contributed by atoms with Crippen LogP contribution in [0.3, 0.4) is 0 Å². The van der Waals surface area contributed by atoms with Crippen LogP contribution in [0, 0.1) is 11.8 Å². The third-order valence-corrected chi connectivity index (χ3v) is 9.40. The highest BCUT2D eigenvalue weighted by Crippen LogP contribution is 2.39. The second kappa shape index (κ2) is 13.7. The summed E-state index contributed by atoms with van der Waals surface area (Å²) in [7, 11) is 0. The topological polar surface area (TPSA) is 109 Å². The minimum absolute atomic E-state index is 0.0190. The molecule has 1 aromatic carbocycles. The van der Waals surface area contributed by atoms with E-state index in [9.17, 15) is 27.2 Å². The van der Waals surface area contributed by atoms with Crippen LogP contribution in [0.5, 0.6) is 0 Å². The van der Waals surface area contributed by atoms with Crippen molar-refractivity contribution < 1.29 is 37.0 Å². The van der Waals surface area contributed by atoms with Gasteiger partial charge in [-0.15, -0.1) is 11.3 Å². The van der Waals surface area contributed by atoms with E-state index in [1.165, 1.54) is 22.3 Å². The maximum atomic E-state index is 13.6. The van der Waals surface area contributed by atoms with E-state index in [0.29, 0.717) is 41.2 Å². The lowest BCUT2D eigenvalue weighted by Gasteiger charge is -2.33. The molecule has 9 nitrogen and oxygen atoms in total. The smallest absolute Gasteiger partial charge is 0.416 e. The highest BCUT2D eigenvalue weighted by atomic mass is 32.1. The van der Waals surface area contributed by atoms with Gasteiger partial charge in [-0.3, -0.25) is 9.69 Å². The van der Waals surface area contributed by atoms with Crippen LogP contribution in [0.4, 0.5) is 28.2 Å². The first-order valence-corrected chi connectivity index (χ1v) is 15.8. The van der Waals surface area contributed by atoms with Gasteiger partial charge in [0.2, 0.25) is 0 Å². The first kappa shape index (κ1) is 32.6. The molecule has 242 valence electrons. The molecule has 0 spiro atoms. The summed E-state index contributed by atoms with van der Waals surface area (Å²) in [5, 5.41) is 11.6. The van der Waals surface area contributed by atoms with Gasteiger partial charge in [-0.25, -0.2) is 24.1 Å². The number of carbonyl (C=O) groups is 2. The molecule has 1 amide bonds. The molecule has 45 heavy (non-hydrogen) atoms. The molecule has 2 atom stereocenters. The Kier molecular flexibility index (Phi) is 9.90. The van der Waals surface area contributed by atoms with E-state index in [-0.39, 0.29) is 30.0 Å². The Bertz CT molecular complexity index is 1500. The van der Waals surface area contributed by atoms with E-state index < -0.39 is 42.6 Å². The predicted molar refractivity (Wildman–Crippen MR) is 159 cm³/mol. The fourth-order valence-electron chi connectivity index (χ4n) is 6.23. The molecular weight excluding hydrogens is 614 g/mol. The zero-order chi connectivity index (χ0) is 32.3. The molecule has 0 radical (unpaired) electrons. The molecule has 1 saturated carbocycles. The number of thiazole rings is 1. The Morgan fingerprint density at radius 1 is 1.16 bits per heavy atom. The number of carboxylic acid groups (broad SMARTS) is 1. The fourth-order valence-corrected chi connectivity index (χ4v) is 6.82. The Hall–Kier alpha value is -3.81. The molecule has 1 unspecified atom stereocenters. The van der Waals surface area contributed by atoms with Crippen molar-refractivity contribution in [1.29, 1.82) is 0 Å². The van der Waals surface area contributed by atoms with Gasteiger partial charge in [0.15, 0.2) is 5.82 Å². The van der Waals surface area contributed by atoms with E-state index in [1.807, 2.05) is 12.3 Å². The third-order valence-electron chi connectivity index (χ3n) is 8.60. The molecule has 3 heterocycles. The van der Waals surface area contributed by atoms with Crippen molar-refractivity contribution in [1.82, 2.24) is 19.9 Å². The molecule has 2 aliphatic rings. The molecule has 1 N–H and O–H groups in total. The minimum atomic E-state index is -4.69. The van der Waals surface area contributed by atoms with E-state index >= 15 is 0 Å². The number of ether oxygens (including phenoxy) is 1. The van der Waals surface area contributed by atoms with Crippen LogP contribution < -0.4 is 4.90 Å². The number of hydrogen-bond donors (Lipinski definition) is 1. The first-order chi connectivity index (χ1) is 21.5. The predicted octanol–water partition coefficient (Wildman–Crippen LogP) is 7.28. The van der Waals surface area contributed by atoms with Crippen LogP contribution >= 0.6 is 11.3 Å². The maximum Gasteiger partial charge on any atom is 0.416 e. The summed E-state index contributed by atoms with van der Waals surface area (Å²) < 4.78 is 59.8. The number of alkyl halides is 4. The lowest BCUT2D eigenvalue weighted by atomic mass is 9.80. The second-order valence-electron chi connectivity index (χ2n) is 11.7. The van der Waals surface area contributed by atoms with Crippen LogP contribution in [0.1, 0.15) is 74.4 Å². The Labute approximate surface area is 262 Å². The molecule has 0 bridgehead atoms. The number of benzene rings is 1. The summed E-state index contributed by atoms with van der Waals surface area (Å²) in [6.45, 7) is 3.84. The number of amides is 1. The number of rotatable bonds is 11. The molecule has 3 aromatic rings. The van der Waals surface area contributed by atoms with Crippen molar-refractivity contribution in [2.24, 2.45) is 11.8 Å². The van der Waals surface area contributed by atoms with E-state index in [4.69, 9.17) is 19.8 Å². The Morgan fingerprint density at radius 2 is 1.89 bits per heavy atom. The zero-order valence-electron chi connectivity index (χ0n) is 25.0. The summed E-state index contributed by atoms with van der Waals surface area (Å²) in [6, 6.07) is 2.26. The molecular formula is C31H35F4N5O4S. The molecule has 1 aliphatic carbocycles. The van der Waals surface area contributed by atoms with Gasteiger partial charge in [0.05, 0.1) is 24.3 Å². The van der Waals surface area contributed by atoms with Crippen molar-refractivity contribution in [2.75, 3.05) is 18.0 Å². The highest BCUT2D eigenvalue weighted by Gasteiger charge is 2.42. The molecule has 2 fully saturated rings. The molecule has 1 saturated heterocycles. The van der Waals surface area contributed by atoms with E-state index in [2.05, 4.69) is 9.88 Å². The van der Waals surface area contributed by atoms with Crippen LogP contribution in [0.15, 0.2) is 36.0 Å². The molecule has 5 rings (SSSR count). The number of cyclic esters (lactones) is 1.